The highest BCUT2D eigenvalue weighted by molar-refractivity contribution is 7.89. The van der Waals surface area contributed by atoms with Crippen LogP contribution in [0.5, 0.6) is 0 Å². The van der Waals surface area contributed by atoms with Crippen molar-refractivity contribution < 1.29 is 8.42 Å². The zero-order valence-corrected chi connectivity index (χ0v) is 15.8. The summed E-state index contributed by atoms with van der Waals surface area (Å²) in [6.45, 7) is 2.02. The largest absolute Gasteiger partial charge is 0.256 e. The molecule has 0 radical (unpaired) electrons. The number of hydrogen-bond donors (Lipinski definition) is 1. The minimum Gasteiger partial charge on any atom is -0.256 e. The summed E-state index contributed by atoms with van der Waals surface area (Å²) in [5.74, 6) is 0.684. The molecule has 1 aromatic carbocycles. The number of pyridine rings is 1. The Hall–Kier alpha value is -1.72. The van der Waals surface area contributed by atoms with Crippen molar-refractivity contribution in [3.63, 3.8) is 0 Å². The third kappa shape index (κ3) is 4.10. The number of sulfonamides is 1. The van der Waals surface area contributed by atoms with Gasteiger partial charge in [-0.2, -0.15) is 0 Å². The van der Waals surface area contributed by atoms with Crippen molar-refractivity contribution in [3.8, 4) is 11.3 Å². The predicted octanol–water partition coefficient (Wildman–Crippen LogP) is 4.09. The second-order valence-corrected chi connectivity index (χ2v) is 8.79. The van der Waals surface area contributed by atoms with E-state index in [9.17, 15) is 8.42 Å². The molecule has 0 unspecified atom stereocenters. The fraction of sp³-hybridized carbons (Fsp3) is 0.450. The van der Waals surface area contributed by atoms with Crippen LogP contribution in [0.15, 0.2) is 41.4 Å². The van der Waals surface area contributed by atoms with Crippen molar-refractivity contribution in [1.82, 2.24) is 9.71 Å². The van der Waals surface area contributed by atoms with Gasteiger partial charge in [0, 0.05) is 11.8 Å². The molecule has 3 rings (SSSR count). The highest BCUT2D eigenvalue weighted by Gasteiger charge is 2.20. The van der Waals surface area contributed by atoms with Gasteiger partial charge in [-0.05, 0) is 55.6 Å². The maximum absolute atomic E-state index is 12.2. The summed E-state index contributed by atoms with van der Waals surface area (Å²) in [5, 5.41) is 0. The summed E-state index contributed by atoms with van der Waals surface area (Å²) in [5.41, 5.74) is 4.08. The van der Waals surface area contributed by atoms with Gasteiger partial charge in [0.25, 0.3) is 0 Å². The van der Waals surface area contributed by atoms with Gasteiger partial charge in [0.05, 0.1) is 10.6 Å². The van der Waals surface area contributed by atoms with Gasteiger partial charge in [0.2, 0.25) is 10.0 Å². The van der Waals surface area contributed by atoms with Crippen LogP contribution in [0, 0.1) is 12.8 Å². The molecule has 0 spiro atoms. The highest BCUT2D eigenvalue weighted by atomic mass is 32.2. The average molecular weight is 359 g/mol. The van der Waals surface area contributed by atoms with E-state index in [-0.39, 0.29) is 0 Å². The first kappa shape index (κ1) is 18.1. The summed E-state index contributed by atoms with van der Waals surface area (Å²) in [6, 6.07) is 9.40. The van der Waals surface area contributed by atoms with Gasteiger partial charge in [0.1, 0.15) is 0 Å². The highest BCUT2D eigenvalue weighted by Crippen LogP contribution is 2.33. The number of benzene rings is 1. The quantitative estimate of drug-likeness (QED) is 0.876. The van der Waals surface area contributed by atoms with Crippen molar-refractivity contribution in [3.05, 3.63) is 47.7 Å². The molecule has 0 saturated heterocycles. The standard InChI is InChI=1S/C20H26N2O2S/c1-15-7-6-12-22-20(15)19-14-18(25(23,24)21-2)11-10-17(19)13-16-8-4-3-5-9-16/h6-7,10-12,14,16,21H,3-5,8-9,13H2,1-2H3. The first-order chi connectivity index (χ1) is 12.0. The van der Waals surface area contributed by atoms with Gasteiger partial charge in [-0.3, -0.25) is 4.98 Å². The van der Waals surface area contributed by atoms with Gasteiger partial charge in [-0.25, -0.2) is 13.1 Å². The molecule has 1 aliphatic carbocycles. The molecule has 1 saturated carbocycles. The Bertz CT molecular complexity index is 841. The van der Waals surface area contributed by atoms with E-state index in [0.717, 1.165) is 23.2 Å². The molecule has 25 heavy (non-hydrogen) atoms. The van der Waals surface area contributed by atoms with Gasteiger partial charge in [-0.15, -0.1) is 0 Å². The number of aryl methyl sites for hydroxylation is 1. The summed E-state index contributed by atoms with van der Waals surface area (Å²) in [7, 11) is -2.03. The van der Waals surface area contributed by atoms with Gasteiger partial charge >= 0.3 is 0 Å². The second kappa shape index (κ2) is 7.67. The van der Waals surface area contributed by atoms with Crippen LogP contribution in [-0.4, -0.2) is 20.4 Å². The lowest BCUT2D eigenvalue weighted by atomic mass is 9.83. The summed E-state index contributed by atoms with van der Waals surface area (Å²) in [4.78, 5) is 4.83. The minimum absolute atomic E-state index is 0.294. The fourth-order valence-corrected chi connectivity index (χ4v) is 4.46. The van der Waals surface area contributed by atoms with Crippen LogP contribution >= 0.6 is 0 Å². The van der Waals surface area contributed by atoms with E-state index in [0.29, 0.717) is 10.8 Å². The molecule has 1 heterocycles. The summed E-state index contributed by atoms with van der Waals surface area (Å²) >= 11 is 0. The molecule has 1 aromatic heterocycles. The lowest BCUT2D eigenvalue weighted by molar-refractivity contribution is 0.357. The molecule has 5 heteroatoms. The Morgan fingerprint density at radius 3 is 2.60 bits per heavy atom. The van der Waals surface area contributed by atoms with Crippen LogP contribution < -0.4 is 4.72 Å². The summed E-state index contributed by atoms with van der Waals surface area (Å²) < 4.78 is 26.9. The molecular weight excluding hydrogens is 332 g/mol. The Morgan fingerprint density at radius 2 is 1.92 bits per heavy atom. The molecular formula is C20H26N2O2S. The first-order valence-corrected chi connectivity index (χ1v) is 10.5. The van der Waals surface area contributed by atoms with Crippen LogP contribution in [0.4, 0.5) is 0 Å². The van der Waals surface area contributed by atoms with Crippen LogP contribution in [-0.2, 0) is 16.4 Å². The van der Waals surface area contributed by atoms with Crippen LogP contribution in [0.2, 0.25) is 0 Å². The maximum Gasteiger partial charge on any atom is 0.240 e. The zero-order valence-electron chi connectivity index (χ0n) is 15.0. The molecule has 0 aliphatic heterocycles. The Labute approximate surface area is 150 Å². The lowest BCUT2D eigenvalue weighted by Crippen LogP contribution is -2.19. The van der Waals surface area contributed by atoms with Gasteiger partial charge < -0.3 is 0 Å². The smallest absolute Gasteiger partial charge is 0.240 e. The van der Waals surface area contributed by atoms with E-state index in [1.807, 2.05) is 25.1 Å². The van der Waals surface area contributed by atoms with Crippen LogP contribution in [0.25, 0.3) is 11.3 Å². The van der Waals surface area contributed by atoms with E-state index in [1.165, 1.54) is 44.7 Å². The average Bonchev–Trinajstić information content (AvgIpc) is 2.63. The molecule has 0 bridgehead atoms. The molecule has 0 atom stereocenters. The third-order valence-corrected chi connectivity index (χ3v) is 6.57. The fourth-order valence-electron chi connectivity index (χ4n) is 3.71. The monoisotopic (exact) mass is 358 g/mol. The normalized spacial score (nSPS) is 16.1. The minimum atomic E-state index is -3.47. The number of nitrogens with zero attached hydrogens (tertiary/aromatic N) is 1. The molecule has 2 aromatic rings. The molecule has 134 valence electrons. The van der Waals surface area contributed by atoms with Crippen LogP contribution in [0.1, 0.15) is 43.2 Å². The molecule has 4 nitrogen and oxygen atoms in total. The number of nitrogens with one attached hydrogen (secondary N) is 1. The summed E-state index contributed by atoms with van der Waals surface area (Å²) in [6.07, 6.45) is 9.22. The Kier molecular flexibility index (Phi) is 5.54. The third-order valence-electron chi connectivity index (χ3n) is 5.16. The lowest BCUT2D eigenvalue weighted by Gasteiger charge is -2.23. The number of aromatic nitrogens is 1. The van der Waals surface area contributed by atoms with E-state index >= 15 is 0 Å². The Balaban J connectivity index is 2.06. The van der Waals surface area contributed by atoms with Gasteiger partial charge in [0.15, 0.2) is 0 Å². The van der Waals surface area contributed by atoms with Crippen molar-refractivity contribution >= 4 is 10.0 Å². The molecule has 1 aliphatic rings. The number of rotatable bonds is 5. The van der Waals surface area contributed by atoms with Crippen molar-refractivity contribution in [2.75, 3.05) is 7.05 Å². The Morgan fingerprint density at radius 1 is 1.16 bits per heavy atom. The molecule has 1 N–H and O–H groups in total. The van der Waals surface area contributed by atoms with E-state index in [2.05, 4.69) is 9.71 Å². The van der Waals surface area contributed by atoms with E-state index in [4.69, 9.17) is 0 Å². The predicted molar refractivity (Wildman–Crippen MR) is 101 cm³/mol. The van der Waals surface area contributed by atoms with Crippen molar-refractivity contribution in [1.29, 1.82) is 0 Å². The van der Waals surface area contributed by atoms with E-state index < -0.39 is 10.0 Å². The molecule has 0 amide bonds. The first-order valence-electron chi connectivity index (χ1n) is 9.00. The zero-order chi connectivity index (χ0) is 17.9. The van der Waals surface area contributed by atoms with E-state index in [1.54, 1.807) is 18.3 Å². The SMILES string of the molecule is CNS(=O)(=O)c1ccc(CC2CCCCC2)c(-c2ncccc2C)c1. The maximum atomic E-state index is 12.2. The van der Waals surface area contributed by atoms with Crippen molar-refractivity contribution in [2.45, 2.75) is 50.3 Å². The topological polar surface area (TPSA) is 59.1 Å². The van der Waals surface area contributed by atoms with Crippen LogP contribution in [0.3, 0.4) is 0 Å². The van der Waals surface area contributed by atoms with Gasteiger partial charge in [-0.1, -0.05) is 44.2 Å². The van der Waals surface area contributed by atoms with Crippen molar-refractivity contribution in [2.24, 2.45) is 5.92 Å². The number of hydrogen-bond acceptors (Lipinski definition) is 3. The second-order valence-electron chi connectivity index (χ2n) is 6.90. The molecule has 1 fully saturated rings.